The van der Waals surface area contributed by atoms with Crippen LogP contribution in [0.1, 0.15) is 37.3 Å². The van der Waals surface area contributed by atoms with Crippen molar-refractivity contribution in [2.24, 2.45) is 0 Å². The molecule has 39 heavy (non-hydrogen) atoms. The van der Waals surface area contributed by atoms with Gasteiger partial charge in [0.25, 0.3) is 11.5 Å². The highest BCUT2D eigenvalue weighted by atomic mass is 35.5. The maximum absolute atomic E-state index is 13.7. The van der Waals surface area contributed by atoms with Crippen molar-refractivity contribution in [2.45, 2.75) is 32.7 Å². The van der Waals surface area contributed by atoms with Crippen LogP contribution in [0.25, 0.3) is 21.9 Å². The maximum Gasteiger partial charge on any atom is 0.291 e. The van der Waals surface area contributed by atoms with Crippen molar-refractivity contribution in [1.82, 2.24) is 14.6 Å². The van der Waals surface area contributed by atoms with E-state index in [0.29, 0.717) is 39.1 Å². The third-order valence-corrected chi connectivity index (χ3v) is 7.97. The third kappa shape index (κ3) is 4.82. The lowest BCUT2D eigenvalue weighted by molar-refractivity contribution is -0.113. The quantitative estimate of drug-likeness (QED) is 0.236. The molecule has 196 valence electrons. The van der Waals surface area contributed by atoms with Gasteiger partial charge >= 0.3 is 0 Å². The van der Waals surface area contributed by atoms with E-state index in [9.17, 15) is 9.59 Å². The number of hydrogen-bond acceptors (Lipinski definition) is 6. The molecule has 1 aliphatic heterocycles. The van der Waals surface area contributed by atoms with Crippen molar-refractivity contribution in [3.8, 4) is 17.1 Å². The second-order valence-electron chi connectivity index (χ2n) is 9.36. The molecule has 0 saturated carbocycles. The molecule has 7 nitrogen and oxygen atoms in total. The summed E-state index contributed by atoms with van der Waals surface area (Å²) in [5.74, 6) is 1.03. The summed E-state index contributed by atoms with van der Waals surface area (Å²) in [6.07, 6.45) is 3.32. The van der Waals surface area contributed by atoms with Crippen molar-refractivity contribution in [1.29, 1.82) is 0 Å². The van der Waals surface area contributed by atoms with Gasteiger partial charge in [-0.05, 0) is 54.4 Å². The molecule has 0 unspecified atom stereocenters. The number of benzene rings is 3. The zero-order chi connectivity index (χ0) is 26.9. The Morgan fingerprint density at radius 3 is 2.46 bits per heavy atom. The molecule has 0 saturated heterocycles. The summed E-state index contributed by atoms with van der Waals surface area (Å²) in [5.41, 5.74) is 3.26. The Kier molecular flexibility index (Phi) is 6.89. The van der Waals surface area contributed by atoms with E-state index >= 15 is 0 Å². The molecule has 2 aromatic heterocycles. The fourth-order valence-corrected chi connectivity index (χ4v) is 5.80. The van der Waals surface area contributed by atoms with Gasteiger partial charge in [0, 0.05) is 16.1 Å². The molecule has 1 aliphatic rings. The molecule has 6 rings (SSSR count). The molecule has 9 heteroatoms. The summed E-state index contributed by atoms with van der Waals surface area (Å²) in [4.78, 5) is 33.9. The van der Waals surface area contributed by atoms with Crippen molar-refractivity contribution in [3.05, 3.63) is 104 Å². The predicted molar refractivity (Wildman–Crippen MR) is 154 cm³/mol. The minimum atomic E-state index is -0.351. The summed E-state index contributed by atoms with van der Waals surface area (Å²) in [6, 6.07) is 22.5. The van der Waals surface area contributed by atoms with Crippen LogP contribution in [-0.4, -0.2) is 27.1 Å². The van der Waals surface area contributed by atoms with Crippen molar-refractivity contribution in [3.63, 3.8) is 0 Å². The molecule has 0 aliphatic carbocycles. The van der Waals surface area contributed by atoms with Crippen LogP contribution in [-0.2, 0) is 11.3 Å². The number of rotatable bonds is 8. The number of amides is 1. The van der Waals surface area contributed by atoms with E-state index in [2.05, 4.69) is 17.0 Å². The number of ether oxygens (including phenoxy) is 1. The fourth-order valence-electron chi connectivity index (χ4n) is 4.68. The highest BCUT2D eigenvalue weighted by molar-refractivity contribution is 7.15. The van der Waals surface area contributed by atoms with E-state index in [1.807, 2.05) is 60.7 Å². The Balaban J connectivity index is 1.33. The van der Waals surface area contributed by atoms with E-state index in [4.69, 9.17) is 16.3 Å². The van der Waals surface area contributed by atoms with Crippen LogP contribution in [0.5, 0.6) is 5.75 Å². The highest BCUT2D eigenvalue weighted by Gasteiger charge is 2.34. The summed E-state index contributed by atoms with van der Waals surface area (Å²) in [7, 11) is 0. The van der Waals surface area contributed by atoms with E-state index in [1.54, 1.807) is 17.0 Å². The van der Waals surface area contributed by atoms with Crippen molar-refractivity contribution < 1.29 is 9.53 Å². The van der Waals surface area contributed by atoms with Gasteiger partial charge in [0.05, 0.1) is 24.4 Å². The second-order valence-corrected chi connectivity index (χ2v) is 10.8. The molecular weight excluding hydrogens is 532 g/mol. The largest absolute Gasteiger partial charge is 0.494 e. The summed E-state index contributed by atoms with van der Waals surface area (Å²) in [6.45, 7) is 3.22. The van der Waals surface area contributed by atoms with E-state index < -0.39 is 0 Å². The third-order valence-electron chi connectivity index (χ3n) is 6.69. The van der Waals surface area contributed by atoms with Gasteiger partial charge in [-0.25, -0.2) is 0 Å². The van der Waals surface area contributed by atoms with Crippen LogP contribution in [0.2, 0.25) is 5.02 Å². The van der Waals surface area contributed by atoms with Crippen molar-refractivity contribution >= 4 is 45.1 Å². The number of anilines is 1. The summed E-state index contributed by atoms with van der Waals surface area (Å²) < 4.78 is 7.41. The molecule has 0 N–H and O–H groups in total. The monoisotopic (exact) mass is 556 g/mol. The molecule has 0 bridgehead atoms. The molecule has 5 aromatic rings. The molecule has 0 radical (unpaired) electrons. The minimum absolute atomic E-state index is 0.220. The lowest BCUT2D eigenvalue weighted by atomic mass is 10.1. The van der Waals surface area contributed by atoms with Gasteiger partial charge in [0.15, 0.2) is 5.82 Å². The topological polar surface area (TPSA) is 76.8 Å². The van der Waals surface area contributed by atoms with Crippen LogP contribution in [0.3, 0.4) is 0 Å². The lowest BCUT2D eigenvalue weighted by Gasteiger charge is -2.17. The number of halogens is 1. The first-order chi connectivity index (χ1) is 19.0. The van der Waals surface area contributed by atoms with Gasteiger partial charge in [-0.3, -0.25) is 9.59 Å². The molecule has 0 spiro atoms. The number of hydrogen-bond donors (Lipinski definition) is 0. The minimum Gasteiger partial charge on any atom is -0.494 e. The van der Waals surface area contributed by atoms with Crippen LogP contribution >= 0.6 is 22.9 Å². The van der Waals surface area contributed by atoms with Gasteiger partial charge in [0.1, 0.15) is 10.3 Å². The van der Waals surface area contributed by atoms with Gasteiger partial charge in [-0.15, -0.1) is 5.10 Å². The number of para-hydroxylation sites is 1. The number of carbonyl (C=O) groups excluding carboxylic acids is 1. The van der Waals surface area contributed by atoms with Gasteiger partial charge in [0.2, 0.25) is 4.96 Å². The molecular formula is C30H25ClN4O3S. The number of nitrogens with zero attached hydrogens (tertiary/aromatic N) is 4. The van der Waals surface area contributed by atoms with E-state index in [0.717, 1.165) is 47.4 Å². The van der Waals surface area contributed by atoms with Gasteiger partial charge in [-0.2, -0.15) is 9.50 Å². The highest BCUT2D eigenvalue weighted by Crippen LogP contribution is 2.36. The average Bonchev–Trinajstić information content (AvgIpc) is 3.59. The van der Waals surface area contributed by atoms with Crippen LogP contribution < -0.4 is 19.7 Å². The molecule has 0 fully saturated rings. The molecule has 1 amide bonds. The van der Waals surface area contributed by atoms with Crippen LogP contribution in [0.15, 0.2) is 77.6 Å². The van der Waals surface area contributed by atoms with Gasteiger partial charge in [-0.1, -0.05) is 73.0 Å². The first-order valence-electron chi connectivity index (χ1n) is 12.9. The lowest BCUT2D eigenvalue weighted by Crippen LogP contribution is -2.32. The van der Waals surface area contributed by atoms with E-state index in [-0.39, 0.29) is 11.5 Å². The fraction of sp³-hybridized carbons (Fsp3) is 0.200. The first kappa shape index (κ1) is 25.3. The normalized spacial score (nSPS) is 14.3. The van der Waals surface area contributed by atoms with Crippen LogP contribution in [0.4, 0.5) is 5.69 Å². The molecule has 0 atom stereocenters. The van der Waals surface area contributed by atoms with E-state index in [1.165, 1.54) is 15.9 Å². The zero-order valence-electron chi connectivity index (χ0n) is 21.3. The number of fused-ring (bicyclic) bond motifs is 2. The number of unbranched alkanes of at least 4 members (excludes halogenated alkanes) is 2. The number of thiazole rings is 1. The molecule has 3 heterocycles. The van der Waals surface area contributed by atoms with Crippen molar-refractivity contribution in [2.75, 3.05) is 11.5 Å². The standard InChI is InChI=1S/C30H25ClN4O3S/c1-2-3-6-17-38-22-15-11-20(12-16-22)27-32-30-35(33-27)29(37)26(39-30)25-23-7-4-5-8-24(23)34(28(25)36)18-19-9-13-21(31)14-10-19/h4-5,7-16H,2-3,6,17-18H2,1H3/b26-25-. The Labute approximate surface area is 233 Å². The summed E-state index contributed by atoms with van der Waals surface area (Å²) in [5, 5.41) is 5.11. The first-order valence-corrected chi connectivity index (χ1v) is 14.1. The second kappa shape index (κ2) is 10.6. The Morgan fingerprint density at radius 2 is 1.72 bits per heavy atom. The van der Waals surface area contributed by atoms with Gasteiger partial charge < -0.3 is 9.64 Å². The maximum atomic E-state index is 13.7. The molecule has 3 aromatic carbocycles. The number of carbonyl (C=O) groups is 1. The zero-order valence-corrected chi connectivity index (χ0v) is 22.8. The smallest absolute Gasteiger partial charge is 0.291 e. The van der Waals surface area contributed by atoms with Crippen LogP contribution in [0, 0.1) is 0 Å². The predicted octanol–water partition coefficient (Wildman–Crippen LogP) is 5.51. The Bertz CT molecular complexity index is 1780. The SMILES string of the molecule is CCCCCOc1ccc(-c2nc3s/c(=C4\C(=O)N(Cc5ccc(Cl)cc5)c5ccccc54)c(=O)n3n2)cc1. The Morgan fingerprint density at radius 1 is 0.949 bits per heavy atom. The Hall–Kier alpha value is -4.01. The number of aromatic nitrogens is 3. The summed E-state index contributed by atoms with van der Waals surface area (Å²) >= 11 is 7.22. The average molecular weight is 557 g/mol.